The van der Waals surface area contributed by atoms with Gasteiger partial charge >= 0.3 is 0 Å². The number of carbonyl (C=O) groups is 2. The largest absolute Gasteiger partial charge is 0.383 e. The second-order valence-electron chi connectivity index (χ2n) is 11.1. The van der Waals surface area contributed by atoms with E-state index in [4.69, 9.17) is 22.2 Å². The summed E-state index contributed by atoms with van der Waals surface area (Å²) in [6, 6.07) is 21.5. The highest BCUT2D eigenvalue weighted by Crippen LogP contribution is 2.46. The summed E-state index contributed by atoms with van der Waals surface area (Å²) in [5, 5.41) is -0.502. The number of nitrogen functional groups attached to an aromatic ring is 1. The number of benzene rings is 2. The lowest BCUT2D eigenvalue weighted by Gasteiger charge is -2.39. The van der Waals surface area contributed by atoms with Crippen molar-refractivity contribution in [1.29, 1.82) is 0 Å². The Kier molecular flexibility index (Phi) is 7.15. The number of thioether (sulfide) groups is 1. The van der Waals surface area contributed by atoms with Gasteiger partial charge in [-0.05, 0) is 73.0 Å². The van der Waals surface area contributed by atoms with Crippen LogP contribution in [0.3, 0.4) is 0 Å². The SMILES string of the molecule is NC(=O)c1ccc2c(c1)N(C1CCN(Cc3ccc(-n4c(-c5cccnc5N)nc5cccnc54)cc3)CC1)C(C(N)=O)S2. The van der Waals surface area contributed by atoms with Crippen molar-refractivity contribution in [3.05, 3.63) is 90.3 Å². The van der Waals surface area contributed by atoms with Gasteiger partial charge in [0, 0.05) is 54.2 Å². The molecular formula is C32H31N9O2S. The number of imidazole rings is 1. The molecule has 1 unspecified atom stereocenters. The van der Waals surface area contributed by atoms with Crippen molar-refractivity contribution in [2.24, 2.45) is 11.5 Å². The molecule has 2 aromatic carbocycles. The zero-order valence-corrected chi connectivity index (χ0v) is 24.7. The van der Waals surface area contributed by atoms with Crippen LogP contribution in [0.4, 0.5) is 11.5 Å². The van der Waals surface area contributed by atoms with Crippen LogP contribution in [0.15, 0.2) is 84.0 Å². The molecule has 0 bridgehead atoms. The Labute approximate surface area is 258 Å². The van der Waals surface area contributed by atoms with Crippen molar-refractivity contribution < 1.29 is 9.59 Å². The molecule has 1 fully saturated rings. The van der Waals surface area contributed by atoms with Gasteiger partial charge in [0.25, 0.3) is 5.91 Å². The van der Waals surface area contributed by atoms with Crippen LogP contribution in [0.25, 0.3) is 28.2 Å². The molecule has 5 aromatic rings. The van der Waals surface area contributed by atoms with Crippen LogP contribution >= 0.6 is 11.8 Å². The highest BCUT2D eigenvalue weighted by atomic mass is 32.2. The second-order valence-corrected chi connectivity index (χ2v) is 12.2. The average Bonchev–Trinajstić information content (AvgIpc) is 3.61. The molecule has 44 heavy (non-hydrogen) atoms. The minimum atomic E-state index is -0.502. The topological polar surface area (TPSA) is 162 Å². The zero-order valence-electron chi connectivity index (χ0n) is 23.8. The lowest BCUT2D eigenvalue weighted by atomic mass is 10.0. The van der Waals surface area contributed by atoms with Gasteiger partial charge in [0.05, 0.1) is 11.3 Å². The predicted octanol–water partition coefficient (Wildman–Crippen LogP) is 3.55. The highest BCUT2D eigenvalue weighted by molar-refractivity contribution is 8.01. The molecule has 3 aromatic heterocycles. The Morgan fingerprint density at radius 1 is 0.932 bits per heavy atom. The number of likely N-dealkylation sites (tertiary alicyclic amines) is 1. The van der Waals surface area contributed by atoms with Crippen molar-refractivity contribution in [3.63, 3.8) is 0 Å². The molecule has 1 saturated heterocycles. The number of carbonyl (C=O) groups excluding carboxylic acids is 2. The Hall–Kier alpha value is -4.94. The first kappa shape index (κ1) is 27.9. The summed E-state index contributed by atoms with van der Waals surface area (Å²) in [4.78, 5) is 43.4. The maximum Gasteiger partial charge on any atom is 0.251 e. The van der Waals surface area contributed by atoms with E-state index in [0.717, 1.165) is 65.5 Å². The van der Waals surface area contributed by atoms with E-state index in [1.54, 1.807) is 24.5 Å². The van der Waals surface area contributed by atoms with Crippen LogP contribution in [-0.4, -0.2) is 60.7 Å². The number of hydrogen-bond acceptors (Lipinski definition) is 9. The van der Waals surface area contributed by atoms with Crippen molar-refractivity contribution >= 4 is 46.2 Å². The molecule has 5 heterocycles. The van der Waals surface area contributed by atoms with Crippen LogP contribution in [-0.2, 0) is 11.3 Å². The third-order valence-corrected chi connectivity index (χ3v) is 9.58. The fourth-order valence-electron chi connectivity index (χ4n) is 6.17. The van der Waals surface area contributed by atoms with E-state index in [9.17, 15) is 9.59 Å². The molecule has 6 N–H and O–H groups in total. The van der Waals surface area contributed by atoms with Gasteiger partial charge in [-0.25, -0.2) is 15.0 Å². The first-order valence-corrected chi connectivity index (χ1v) is 15.3. The molecule has 11 nitrogen and oxygen atoms in total. The fraction of sp³-hybridized carbons (Fsp3) is 0.219. The third kappa shape index (κ3) is 5.01. The van der Waals surface area contributed by atoms with Crippen LogP contribution < -0.4 is 22.1 Å². The number of rotatable bonds is 7. The molecule has 2 aliphatic rings. The maximum atomic E-state index is 12.4. The summed E-state index contributed by atoms with van der Waals surface area (Å²) in [6.07, 6.45) is 5.16. The molecule has 0 spiro atoms. The first-order chi connectivity index (χ1) is 21.4. The van der Waals surface area contributed by atoms with Gasteiger partial charge in [-0.15, -0.1) is 0 Å². The van der Waals surface area contributed by atoms with E-state index in [-0.39, 0.29) is 11.9 Å². The van der Waals surface area contributed by atoms with E-state index in [1.807, 2.05) is 34.9 Å². The molecule has 2 amide bonds. The molecular weight excluding hydrogens is 574 g/mol. The van der Waals surface area contributed by atoms with Gasteiger partial charge in [-0.2, -0.15) is 0 Å². The Balaban J connectivity index is 1.08. The van der Waals surface area contributed by atoms with Crippen LogP contribution in [0.5, 0.6) is 0 Å². The first-order valence-electron chi connectivity index (χ1n) is 14.4. The number of piperidine rings is 1. The standard InChI is InChI=1S/C32H31N9O2S/c33-27-23(3-1-13-36-27)30-38-24-4-2-14-37-31(24)41(30)21-8-5-19(6-9-21)18-39-15-11-22(12-16-39)40-25-17-20(28(34)42)7-10-26(25)44-32(40)29(35)43/h1-10,13-14,17,22,32H,11-12,15-16,18H2,(H2,33,36)(H2,34,42)(H2,35,43). The third-order valence-electron chi connectivity index (χ3n) is 8.30. The molecule has 1 atom stereocenters. The highest BCUT2D eigenvalue weighted by Gasteiger charge is 2.39. The Bertz CT molecular complexity index is 1880. The van der Waals surface area contributed by atoms with E-state index < -0.39 is 11.3 Å². The predicted molar refractivity (Wildman–Crippen MR) is 171 cm³/mol. The van der Waals surface area contributed by atoms with Gasteiger partial charge in [0.1, 0.15) is 11.3 Å². The van der Waals surface area contributed by atoms with Crippen LogP contribution in [0, 0.1) is 0 Å². The van der Waals surface area contributed by atoms with Crippen LogP contribution in [0.2, 0.25) is 0 Å². The van der Waals surface area contributed by atoms with Crippen molar-refractivity contribution in [3.8, 4) is 17.1 Å². The number of fused-ring (bicyclic) bond motifs is 2. The number of hydrogen-bond donors (Lipinski definition) is 3. The average molecular weight is 606 g/mol. The van der Waals surface area contributed by atoms with Gasteiger partial charge in [0.2, 0.25) is 5.91 Å². The van der Waals surface area contributed by atoms with E-state index in [1.165, 1.54) is 17.3 Å². The minimum absolute atomic E-state index is 0.128. The number of amides is 2. The van der Waals surface area contributed by atoms with Gasteiger partial charge < -0.3 is 22.1 Å². The number of aromatic nitrogens is 4. The van der Waals surface area contributed by atoms with Crippen LogP contribution in [0.1, 0.15) is 28.8 Å². The summed E-state index contributed by atoms with van der Waals surface area (Å²) < 4.78 is 2.02. The van der Waals surface area contributed by atoms with E-state index >= 15 is 0 Å². The summed E-state index contributed by atoms with van der Waals surface area (Å²) in [5.41, 5.74) is 23.3. The molecule has 0 saturated carbocycles. The number of nitrogens with zero attached hydrogens (tertiary/aromatic N) is 6. The number of nitrogens with two attached hydrogens (primary N) is 3. The molecule has 2 aliphatic heterocycles. The number of anilines is 2. The molecule has 12 heteroatoms. The minimum Gasteiger partial charge on any atom is -0.383 e. The van der Waals surface area contributed by atoms with Crippen molar-refractivity contribution in [2.45, 2.75) is 35.7 Å². The lowest BCUT2D eigenvalue weighted by Crippen LogP contribution is -2.50. The maximum absolute atomic E-state index is 12.4. The van der Waals surface area contributed by atoms with Gasteiger partial charge in [-0.1, -0.05) is 23.9 Å². The summed E-state index contributed by atoms with van der Waals surface area (Å²) >= 11 is 1.44. The van der Waals surface area contributed by atoms with E-state index in [2.05, 4.69) is 44.0 Å². The fourth-order valence-corrected chi connectivity index (χ4v) is 7.35. The lowest BCUT2D eigenvalue weighted by molar-refractivity contribution is -0.117. The zero-order chi connectivity index (χ0) is 30.4. The van der Waals surface area contributed by atoms with Crippen molar-refractivity contribution in [2.75, 3.05) is 23.7 Å². The van der Waals surface area contributed by atoms with Gasteiger partial charge in [-0.3, -0.25) is 19.1 Å². The monoisotopic (exact) mass is 605 g/mol. The summed E-state index contributed by atoms with van der Waals surface area (Å²) in [6.45, 7) is 2.53. The normalized spacial score (nSPS) is 17.2. The quantitative estimate of drug-likeness (QED) is 0.252. The van der Waals surface area contributed by atoms with E-state index in [0.29, 0.717) is 17.2 Å². The summed E-state index contributed by atoms with van der Waals surface area (Å²) in [5.74, 6) is 0.231. The second kappa shape index (κ2) is 11.3. The van der Waals surface area contributed by atoms with Crippen molar-refractivity contribution in [1.82, 2.24) is 24.4 Å². The molecule has 222 valence electrons. The molecule has 7 rings (SSSR count). The Morgan fingerprint density at radius 2 is 1.68 bits per heavy atom. The molecule has 0 aliphatic carbocycles. The smallest absolute Gasteiger partial charge is 0.251 e. The molecule has 0 radical (unpaired) electrons. The number of pyridine rings is 2. The Morgan fingerprint density at radius 3 is 2.41 bits per heavy atom. The summed E-state index contributed by atoms with van der Waals surface area (Å²) in [7, 11) is 0. The van der Waals surface area contributed by atoms with Gasteiger partial charge in [0.15, 0.2) is 16.8 Å². The number of primary amides is 2.